The number of nitrogens with zero attached hydrogens (tertiary/aromatic N) is 4. The molecule has 1 aliphatic carbocycles. The van der Waals surface area contributed by atoms with Crippen molar-refractivity contribution in [3.63, 3.8) is 0 Å². The van der Waals surface area contributed by atoms with Gasteiger partial charge in [-0.15, -0.1) is 0 Å². The molecule has 1 aromatic carbocycles. The minimum Gasteiger partial charge on any atom is -0.386 e. The molecule has 5 rings (SSSR count). The van der Waals surface area contributed by atoms with E-state index >= 15 is 8.78 Å². The molecule has 1 amide bonds. The molecule has 5 N–H and O–H groups in total. The number of carbonyl (C=O) groups is 1. The molecular formula is C29H33F2N7O2. The van der Waals surface area contributed by atoms with Gasteiger partial charge in [0.15, 0.2) is 0 Å². The lowest BCUT2D eigenvalue weighted by molar-refractivity contribution is -0.120. The van der Waals surface area contributed by atoms with Crippen LogP contribution in [-0.2, 0) is 10.4 Å². The first-order chi connectivity index (χ1) is 18.9. The second-order valence-corrected chi connectivity index (χ2v) is 11.1. The van der Waals surface area contributed by atoms with E-state index in [4.69, 9.17) is 5.73 Å². The van der Waals surface area contributed by atoms with E-state index in [-0.39, 0.29) is 46.6 Å². The van der Waals surface area contributed by atoms with Crippen LogP contribution < -0.4 is 16.4 Å². The minimum atomic E-state index is -1.40. The number of hydrogen-bond acceptors (Lipinski definition) is 7. The third-order valence-electron chi connectivity index (χ3n) is 7.59. The number of benzene rings is 1. The topological polar surface area (TPSA) is 130 Å². The normalized spacial score (nSPS) is 21.4. The molecule has 3 aromatic heterocycles. The Bertz CT molecular complexity index is 1530. The molecule has 0 bridgehead atoms. The van der Waals surface area contributed by atoms with Crippen LogP contribution in [-0.4, -0.2) is 42.7 Å². The van der Waals surface area contributed by atoms with Crippen LogP contribution in [0.3, 0.4) is 0 Å². The molecule has 4 atom stereocenters. The van der Waals surface area contributed by atoms with Gasteiger partial charge in [-0.05, 0) is 80.0 Å². The molecule has 1 saturated carbocycles. The zero-order chi connectivity index (χ0) is 28.8. The third-order valence-corrected chi connectivity index (χ3v) is 7.59. The van der Waals surface area contributed by atoms with E-state index < -0.39 is 17.2 Å². The average Bonchev–Trinajstić information content (AvgIpc) is 3.27. The van der Waals surface area contributed by atoms with Crippen molar-refractivity contribution < 1.29 is 18.7 Å². The molecule has 0 saturated heterocycles. The van der Waals surface area contributed by atoms with Crippen molar-refractivity contribution in [1.82, 2.24) is 24.9 Å². The van der Waals surface area contributed by atoms with Crippen LogP contribution in [0, 0.1) is 17.6 Å². The van der Waals surface area contributed by atoms with Gasteiger partial charge in [0.25, 0.3) is 0 Å². The largest absolute Gasteiger partial charge is 0.386 e. The highest BCUT2D eigenvalue weighted by atomic mass is 19.1. The van der Waals surface area contributed by atoms with Crippen LogP contribution in [0.4, 0.5) is 20.4 Å². The maximum atomic E-state index is 15.0. The fourth-order valence-electron chi connectivity index (χ4n) is 5.59. The number of fused-ring (bicyclic) bond motifs is 1. The number of carbonyl (C=O) groups excluding carboxylic acids is 1. The second-order valence-electron chi connectivity index (χ2n) is 11.1. The van der Waals surface area contributed by atoms with Gasteiger partial charge >= 0.3 is 0 Å². The first-order valence-electron chi connectivity index (χ1n) is 13.2. The molecule has 0 spiro atoms. The van der Waals surface area contributed by atoms with Gasteiger partial charge in [-0.25, -0.2) is 13.8 Å². The molecule has 40 heavy (non-hydrogen) atoms. The van der Waals surface area contributed by atoms with Gasteiger partial charge in [-0.3, -0.25) is 9.78 Å². The standard InChI is InChI=1S/C29H33F2N7O2/c1-15-9-17(10-23(32)27(15)35-16(2)39)20-7-8-33-14-25(20)36-28-34-13-19-5-6-24(37-38(19)28)26-21(30)11-18(12-22(26)31)29(3,4)40/h5-8,11-15,17,23,27,40H,9-10,32H2,1-4H3,(H,34,36)(H,35,39)/t15-,17+,23+,27-/m0/s1. The number of imidazole rings is 1. The summed E-state index contributed by atoms with van der Waals surface area (Å²) in [5, 5.41) is 21.0. The lowest BCUT2D eigenvalue weighted by Gasteiger charge is -2.39. The smallest absolute Gasteiger partial charge is 0.229 e. The monoisotopic (exact) mass is 549 g/mol. The lowest BCUT2D eigenvalue weighted by Crippen LogP contribution is -2.54. The fourth-order valence-corrected chi connectivity index (χ4v) is 5.59. The van der Waals surface area contributed by atoms with Gasteiger partial charge in [0.2, 0.25) is 11.9 Å². The Morgan fingerprint density at radius 3 is 2.52 bits per heavy atom. The SMILES string of the molecule is CC(=O)N[C@@H]1[C@H](N)C[C@H](c2ccncc2Nc2ncc3ccc(-c4c(F)cc(C(C)(C)O)cc4F)nn23)C[C@@H]1C. The third kappa shape index (κ3) is 5.39. The number of hydrogen-bond donors (Lipinski definition) is 4. The second kappa shape index (κ2) is 10.5. The molecule has 0 unspecified atom stereocenters. The first kappa shape index (κ1) is 27.6. The summed E-state index contributed by atoms with van der Waals surface area (Å²) in [7, 11) is 0. The van der Waals surface area contributed by atoms with Gasteiger partial charge in [0.1, 0.15) is 11.6 Å². The summed E-state index contributed by atoms with van der Waals surface area (Å²) in [6, 6.07) is 7.08. The van der Waals surface area contributed by atoms with Gasteiger partial charge < -0.3 is 21.5 Å². The Hall–Kier alpha value is -3.96. The number of anilines is 2. The van der Waals surface area contributed by atoms with Gasteiger partial charge in [-0.1, -0.05) is 6.92 Å². The quantitative estimate of drug-likeness (QED) is 0.281. The summed E-state index contributed by atoms with van der Waals surface area (Å²) in [6.45, 7) is 6.51. The molecule has 1 fully saturated rings. The minimum absolute atomic E-state index is 0.0772. The van der Waals surface area contributed by atoms with Crippen LogP contribution in [0.2, 0.25) is 0 Å². The maximum Gasteiger partial charge on any atom is 0.229 e. The number of halogens is 2. The van der Waals surface area contributed by atoms with E-state index in [9.17, 15) is 9.90 Å². The summed E-state index contributed by atoms with van der Waals surface area (Å²) in [5.41, 5.74) is 7.34. The molecule has 210 valence electrons. The van der Waals surface area contributed by atoms with E-state index in [0.717, 1.165) is 29.8 Å². The average molecular weight is 550 g/mol. The Balaban J connectivity index is 1.46. The maximum absolute atomic E-state index is 15.0. The summed E-state index contributed by atoms with van der Waals surface area (Å²) < 4.78 is 31.6. The Kier molecular flexibility index (Phi) is 7.28. The fraction of sp³-hybridized carbons (Fsp3) is 0.379. The van der Waals surface area contributed by atoms with Crippen LogP contribution in [0.25, 0.3) is 16.8 Å². The number of nitrogens with one attached hydrogen (secondary N) is 2. The number of aliphatic hydroxyl groups is 1. The van der Waals surface area contributed by atoms with E-state index in [1.807, 2.05) is 6.07 Å². The van der Waals surface area contributed by atoms with Crippen molar-refractivity contribution >= 4 is 23.1 Å². The summed E-state index contributed by atoms with van der Waals surface area (Å²) in [5.74, 6) is -1.11. The highest BCUT2D eigenvalue weighted by molar-refractivity contribution is 5.73. The number of aromatic nitrogens is 4. The van der Waals surface area contributed by atoms with Crippen molar-refractivity contribution in [2.24, 2.45) is 11.7 Å². The van der Waals surface area contributed by atoms with Crippen molar-refractivity contribution in [3.05, 3.63) is 71.7 Å². The summed E-state index contributed by atoms with van der Waals surface area (Å²) >= 11 is 0. The highest BCUT2D eigenvalue weighted by Crippen LogP contribution is 2.39. The molecular weight excluding hydrogens is 516 g/mol. The number of amides is 1. The summed E-state index contributed by atoms with van der Waals surface area (Å²) in [4.78, 5) is 20.4. The number of pyridine rings is 1. The van der Waals surface area contributed by atoms with Crippen molar-refractivity contribution in [3.8, 4) is 11.3 Å². The van der Waals surface area contributed by atoms with Crippen molar-refractivity contribution in [2.75, 3.05) is 5.32 Å². The van der Waals surface area contributed by atoms with Crippen LogP contribution in [0.5, 0.6) is 0 Å². The van der Waals surface area contributed by atoms with Gasteiger partial charge in [-0.2, -0.15) is 9.61 Å². The van der Waals surface area contributed by atoms with Gasteiger partial charge in [0, 0.05) is 25.2 Å². The van der Waals surface area contributed by atoms with Crippen LogP contribution in [0.15, 0.2) is 48.9 Å². The number of rotatable bonds is 6. The Morgan fingerprint density at radius 2 is 1.88 bits per heavy atom. The lowest BCUT2D eigenvalue weighted by atomic mass is 9.73. The Morgan fingerprint density at radius 1 is 1.15 bits per heavy atom. The van der Waals surface area contributed by atoms with E-state index in [0.29, 0.717) is 17.9 Å². The number of nitrogens with two attached hydrogens (primary N) is 1. The molecule has 9 nitrogen and oxygen atoms in total. The molecule has 11 heteroatoms. The summed E-state index contributed by atoms with van der Waals surface area (Å²) in [6.07, 6.45) is 6.53. The predicted octanol–water partition coefficient (Wildman–Crippen LogP) is 4.39. The van der Waals surface area contributed by atoms with Crippen LogP contribution >= 0.6 is 0 Å². The molecule has 1 aliphatic rings. The predicted molar refractivity (Wildman–Crippen MR) is 148 cm³/mol. The van der Waals surface area contributed by atoms with E-state index in [1.165, 1.54) is 31.4 Å². The first-order valence-corrected chi connectivity index (χ1v) is 13.2. The molecule has 0 radical (unpaired) electrons. The van der Waals surface area contributed by atoms with Crippen LogP contribution in [0.1, 0.15) is 57.6 Å². The molecule has 3 heterocycles. The highest BCUT2D eigenvalue weighted by Gasteiger charge is 2.35. The zero-order valence-corrected chi connectivity index (χ0v) is 22.8. The Labute approximate surface area is 230 Å². The zero-order valence-electron chi connectivity index (χ0n) is 22.8. The molecule has 0 aliphatic heterocycles. The molecule has 4 aromatic rings. The van der Waals surface area contributed by atoms with E-state index in [2.05, 4.69) is 32.6 Å². The van der Waals surface area contributed by atoms with Crippen molar-refractivity contribution in [2.45, 2.75) is 64.1 Å². The van der Waals surface area contributed by atoms with Crippen molar-refractivity contribution in [1.29, 1.82) is 0 Å². The van der Waals surface area contributed by atoms with Gasteiger partial charge in [0.05, 0.1) is 40.5 Å². The van der Waals surface area contributed by atoms with E-state index in [1.54, 1.807) is 24.7 Å².